The van der Waals surface area contributed by atoms with E-state index in [1.165, 1.54) is 122 Å². The molecule has 0 aromatic rings. The molecule has 0 saturated heterocycles. The molecular formula is C25H48ClN. The van der Waals surface area contributed by atoms with Crippen LogP contribution in [0.2, 0.25) is 0 Å². The molecule has 0 aromatic carbocycles. The third-order valence-corrected chi connectivity index (χ3v) is 5.68. The number of allylic oxidation sites excluding steroid dienone is 2. The molecule has 0 spiro atoms. The van der Waals surface area contributed by atoms with Crippen LogP contribution in [0.15, 0.2) is 24.4 Å². The summed E-state index contributed by atoms with van der Waals surface area (Å²) in [5, 5.41) is 0. The van der Waals surface area contributed by atoms with Crippen molar-refractivity contribution in [2.24, 2.45) is 0 Å². The summed E-state index contributed by atoms with van der Waals surface area (Å²) in [6.45, 7) is 4.64. The molecule has 1 nitrogen and oxygen atoms in total. The zero-order valence-electron chi connectivity index (χ0n) is 18.3. The Morgan fingerprint density at radius 1 is 0.556 bits per heavy atom. The first-order chi connectivity index (χ1) is 12.9. The fraction of sp³-hybridized carbons (Fsp3) is 0.840. The summed E-state index contributed by atoms with van der Waals surface area (Å²) < 4.78 is 0. The zero-order chi connectivity index (χ0) is 18.5. The standard InChI is InChI=1S/C25H47N.ClH/c1-2-3-4-5-6-7-8-9-10-11-12-13-14-15-16-17-18-20-23-26-24-21-19-22-25-26;/h19,21-22,24H,2-18,20,23,25H2,1H3;1H. The first-order valence-electron chi connectivity index (χ1n) is 12.0. The first-order valence-corrected chi connectivity index (χ1v) is 12.0. The smallest absolute Gasteiger partial charge is 0.0357 e. The van der Waals surface area contributed by atoms with Crippen LogP contribution in [0, 0.1) is 0 Å². The minimum absolute atomic E-state index is 0. The summed E-state index contributed by atoms with van der Waals surface area (Å²) >= 11 is 0. The zero-order valence-corrected chi connectivity index (χ0v) is 19.1. The predicted octanol–water partition coefficient (Wildman–Crippen LogP) is 8.84. The van der Waals surface area contributed by atoms with E-state index in [1.807, 2.05) is 0 Å². The molecule has 0 N–H and O–H groups in total. The Hall–Kier alpha value is -0.430. The quantitative estimate of drug-likeness (QED) is 0.197. The van der Waals surface area contributed by atoms with E-state index in [2.05, 4.69) is 36.3 Å². The van der Waals surface area contributed by atoms with Gasteiger partial charge in [0, 0.05) is 13.1 Å². The van der Waals surface area contributed by atoms with Crippen LogP contribution in [0.4, 0.5) is 0 Å². The van der Waals surface area contributed by atoms with E-state index < -0.39 is 0 Å². The Bertz CT molecular complexity index is 337. The Balaban J connectivity index is 0.00000676. The topological polar surface area (TPSA) is 3.24 Å². The van der Waals surface area contributed by atoms with Crippen molar-refractivity contribution in [1.82, 2.24) is 4.90 Å². The van der Waals surface area contributed by atoms with Crippen LogP contribution in [0.25, 0.3) is 0 Å². The van der Waals surface area contributed by atoms with E-state index in [-0.39, 0.29) is 12.4 Å². The summed E-state index contributed by atoms with van der Waals surface area (Å²) in [5.74, 6) is 0. The average Bonchev–Trinajstić information content (AvgIpc) is 2.68. The SMILES string of the molecule is CCCCCCCCCCCCCCCCCCCCN1C=CC=CC1.Cl. The van der Waals surface area contributed by atoms with Crippen LogP contribution in [0.1, 0.15) is 122 Å². The van der Waals surface area contributed by atoms with Gasteiger partial charge in [0.25, 0.3) is 0 Å². The van der Waals surface area contributed by atoms with Crippen LogP contribution in [-0.2, 0) is 0 Å². The minimum Gasteiger partial charge on any atom is -0.374 e. The molecule has 0 fully saturated rings. The molecule has 2 heteroatoms. The van der Waals surface area contributed by atoms with Crippen molar-refractivity contribution in [2.75, 3.05) is 13.1 Å². The van der Waals surface area contributed by atoms with Crippen molar-refractivity contribution in [3.05, 3.63) is 24.4 Å². The van der Waals surface area contributed by atoms with Crippen molar-refractivity contribution in [3.63, 3.8) is 0 Å². The average molecular weight is 398 g/mol. The van der Waals surface area contributed by atoms with Crippen molar-refractivity contribution in [3.8, 4) is 0 Å². The summed E-state index contributed by atoms with van der Waals surface area (Å²) in [6.07, 6.45) is 34.9. The maximum atomic E-state index is 2.42. The third kappa shape index (κ3) is 18.7. The molecule has 1 heterocycles. The Morgan fingerprint density at radius 3 is 1.33 bits per heavy atom. The fourth-order valence-electron chi connectivity index (χ4n) is 3.89. The molecular weight excluding hydrogens is 350 g/mol. The molecule has 0 unspecified atom stereocenters. The van der Waals surface area contributed by atoms with Crippen LogP contribution >= 0.6 is 12.4 Å². The molecule has 0 bridgehead atoms. The highest BCUT2D eigenvalue weighted by Crippen LogP contribution is 2.14. The normalized spacial score (nSPS) is 13.1. The van der Waals surface area contributed by atoms with Crippen LogP contribution in [-0.4, -0.2) is 18.0 Å². The molecule has 0 saturated carbocycles. The van der Waals surface area contributed by atoms with Gasteiger partial charge in [0.1, 0.15) is 0 Å². The van der Waals surface area contributed by atoms with Gasteiger partial charge in [-0.3, -0.25) is 0 Å². The van der Waals surface area contributed by atoms with Gasteiger partial charge in [-0.1, -0.05) is 128 Å². The maximum absolute atomic E-state index is 2.42. The van der Waals surface area contributed by atoms with Gasteiger partial charge in [0.2, 0.25) is 0 Å². The van der Waals surface area contributed by atoms with E-state index >= 15 is 0 Å². The lowest BCUT2D eigenvalue weighted by atomic mass is 10.0. The van der Waals surface area contributed by atoms with Gasteiger partial charge < -0.3 is 4.90 Å². The van der Waals surface area contributed by atoms with Gasteiger partial charge in [0.05, 0.1) is 0 Å². The summed E-state index contributed by atoms with van der Waals surface area (Å²) in [5.41, 5.74) is 0. The molecule has 1 rings (SSSR count). The van der Waals surface area contributed by atoms with Crippen LogP contribution < -0.4 is 0 Å². The highest BCUT2D eigenvalue weighted by atomic mass is 35.5. The highest BCUT2D eigenvalue weighted by molar-refractivity contribution is 5.85. The number of halogens is 1. The van der Waals surface area contributed by atoms with E-state index in [4.69, 9.17) is 0 Å². The molecule has 27 heavy (non-hydrogen) atoms. The number of unbranched alkanes of at least 4 members (excludes halogenated alkanes) is 17. The molecule has 0 amide bonds. The van der Waals surface area contributed by atoms with Gasteiger partial charge >= 0.3 is 0 Å². The van der Waals surface area contributed by atoms with Crippen molar-refractivity contribution in [1.29, 1.82) is 0 Å². The molecule has 0 atom stereocenters. The summed E-state index contributed by atoms with van der Waals surface area (Å²) in [7, 11) is 0. The Labute approximate surface area is 177 Å². The predicted molar refractivity (Wildman–Crippen MR) is 126 cm³/mol. The van der Waals surface area contributed by atoms with Crippen LogP contribution in [0.3, 0.4) is 0 Å². The summed E-state index contributed by atoms with van der Waals surface area (Å²) in [6, 6.07) is 0. The van der Waals surface area contributed by atoms with Gasteiger partial charge in [-0.2, -0.15) is 0 Å². The molecule has 160 valence electrons. The molecule has 0 aliphatic carbocycles. The van der Waals surface area contributed by atoms with Crippen LogP contribution in [0.5, 0.6) is 0 Å². The monoisotopic (exact) mass is 397 g/mol. The minimum atomic E-state index is 0. The second-order valence-corrected chi connectivity index (χ2v) is 8.28. The van der Waals surface area contributed by atoms with Crippen molar-refractivity contribution < 1.29 is 0 Å². The maximum Gasteiger partial charge on any atom is 0.0357 e. The second-order valence-electron chi connectivity index (χ2n) is 8.28. The van der Waals surface area contributed by atoms with Crippen molar-refractivity contribution in [2.45, 2.75) is 122 Å². The largest absolute Gasteiger partial charge is 0.374 e. The van der Waals surface area contributed by atoms with E-state index in [0.29, 0.717) is 0 Å². The van der Waals surface area contributed by atoms with E-state index in [1.54, 1.807) is 0 Å². The second kappa shape index (κ2) is 21.9. The van der Waals surface area contributed by atoms with E-state index in [9.17, 15) is 0 Å². The van der Waals surface area contributed by atoms with Gasteiger partial charge in [-0.25, -0.2) is 0 Å². The number of nitrogens with zero attached hydrogens (tertiary/aromatic N) is 1. The molecule has 0 aromatic heterocycles. The third-order valence-electron chi connectivity index (χ3n) is 5.68. The van der Waals surface area contributed by atoms with E-state index in [0.717, 1.165) is 6.54 Å². The number of rotatable bonds is 19. The first kappa shape index (κ1) is 26.6. The Kier molecular flexibility index (Phi) is 21.5. The lowest BCUT2D eigenvalue weighted by Crippen LogP contribution is -2.19. The van der Waals surface area contributed by atoms with Gasteiger partial charge in [-0.15, -0.1) is 12.4 Å². The van der Waals surface area contributed by atoms with Gasteiger partial charge in [-0.05, 0) is 18.7 Å². The van der Waals surface area contributed by atoms with Crippen molar-refractivity contribution >= 4 is 12.4 Å². The highest BCUT2D eigenvalue weighted by Gasteiger charge is 1.99. The molecule has 0 radical (unpaired) electrons. The molecule has 1 aliphatic heterocycles. The summed E-state index contributed by atoms with van der Waals surface area (Å²) in [4.78, 5) is 2.42. The lowest BCUT2D eigenvalue weighted by molar-refractivity contribution is 0.392. The molecule has 1 aliphatic rings. The number of hydrogen-bond donors (Lipinski definition) is 0. The lowest BCUT2D eigenvalue weighted by Gasteiger charge is -2.20. The fourth-order valence-corrected chi connectivity index (χ4v) is 3.89. The Morgan fingerprint density at radius 2 is 0.963 bits per heavy atom. The number of hydrogen-bond acceptors (Lipinski definition) is 1. The van der Waals surface area contributed by atoms with Gasteiger partial charge in [0.15, 0.2) is 0 Å².